The highest BCUT2D eigenvalue weighted by Crippen LogP contribution is 2.43. The number of hydrogen-bond donors (Lipinski definition) is 1. The number of aliphatic carboxylic acids is 1. The number of Topliss-reactive ketones (excluding diaryl/α,β-unsaturated/α-hetero) is 1. The number of carbonyl (C=O) groups is 2. The largest absolute Gasteiger partial charge is 0.493 e. The molecular weight excluding hydrogens is 502 g/mol. The summed E-state index contributed by atoms with van der Waals surface area (Å²) in [6.07, 6.45) is 0.175. The molecule has 1 aliphatic rings. The van der Waals surface area contributed by atoms with Gasteiger partial charge in [0.2, 0.25) is 0 Å². The van der Waals surface area contributed by atoms with Crippen LogP contribution in [0.15, 0.2) is 24.3 Å². The van der Waals surface area contributed by atoms with Gasteiger partial charge in [-0.1, -0.05) is 0 Å². The van der Waals surface area contributed by atoms with Crippen LogP contribution in [0.2, 0.25) is 0 Å². The van der Waals surface area contributed by atoms with Crippen LogP contribution in [0.25, 0.3) is 10.2 Å². The first-order chi connectivity index (χ1) is 17.4. The van der Waals surface area contributed by atoms with Gasteiger partial charge in [0.05, 0.1) is 49.9 Å². The molecule has 0 bridgehead atoms. The first kappa shape index (κ1) is 26.9. The summed E-state index contributed by atoms with van der Waals surface area (Å²) < 4.78 is 40.6. The number of likely N-dealkylation sites (N-methyl/N-ethyl adjacent to an activating group) is 1. The molecule has 1 aromatic heterocycles. The highest BCUT2D eigenvalue weighted by Gasteiger charge is 2.45. The number of ketones is 1. The standard InChI is InChI=1S/C27H30F2N2O5S/c1-31(2,3)7-8-36-22-11-20-23(12-21(22)35-4)37-25(30-20)6-5-24(32)27(15-26(33)34)13-16-9-18(28)19(29)10-17(16)14-27/h9-12H,5-8,13-15H2,1-4H3/p+1. The van der Waals surface area contributed by atoms with E-state index in [1.807, 2.05) is 12.1 Å². The van der Waals surface area contributed by atoms with Gasteiger partial charge in [-0.05, 0) is 36.1 Å². The van der Waals surface area contributed by atoms with E-state index in [0.717, 1.165) is 38.4 Å². The number of fused-ring (bicyclic) bond motifs is 2. The highest BCUT2D eigenvalue weighted by molar-refractivity contribution is 7.18. The third kappa shape index (κ3) is 6.07. The molecule has 0 saturated heterocycles. The quantitative estimate of drug-likeness (QED) is 0.367. The van der Waals surface area contributed by atoms with Crippen LogP contribution in [0.5, 0.6) is 11.5 Å². The van der Waals surface area contributed by atoms with Crippen LogP contribution in [0.1, 0.15) is 29.0 Å². The molecule has 0 radical (unpaired) electrons. The van der Waals surface area contributed by atoms with Crippen LogP contribution in [0.3, 0.4) is 0 Å². The Labute approximate surface area is 218 Å². The zero-order chi connectivity index (χ0) is 27.0. The predicted octanol–water partition coefficient (Wildman–Crippen LogP) is 4.43. The van der Waals surface area contributed by atoms with E-state index in [1.54, 1.807) is 7.11 Å². The van der Waals surface area contributed by atoms with Crippen LogP contribution >= 0.6 is 11.3 Å². The molecule has 1 N–H and O–H groups in total. The SMILES string of the molecule is COc1cc2sc(CCC(=O)C3(CC(=O)O)Cc4cc(F)c(F)cc4C3)nc2cc1OCC[N+](C)(C)C. The lowest BCUT2D eigenvalue weighted by Gasteiger charge is -2.25. The first-order valence-electron chi connectivity index (χ1n) is 12.0. The smallest absolute Gasteiger partial charge is 0.304 e. The van der Waals surface area contributed by atoms with Crippen molar-refractivity contribution in [2.45, 2.75) is 32.1 Å². The number of carboxylic acids is 1. The molecule has 3 aromatic rings. The van der Waals surface area contributed by atoms with E-state index >= 15 is 0 Å². The van der Waals surface area contributed by atoms with Crippen LogP contribution in [0, 0.1) is 17.0 Å². The maximum atomic E-state index is 13.8. The Balaban J connectivity index is 1.50. The fourth-order valence-corrected chi connectivity index (χ4v) is 5.72. The Morgan fingerprint density at radius 3 is 2.30 bits per heavy atom. The lowest BCUT2D eigenvalue weighted by Crippen LogP contribution is -2.38. The zero-order valence-electron chi connectivity index (χ0n) is 21.4. The molecule has 0 amide bonds. The van der Waals surface area contributed by atoms with Gasteiger partial charge in [0.15, 0.2) is 23.1 Å². The summed E-state index contributed by atoms with van der Waals surface area (Å²) in [5, 5.41) is 10.2. The number of benzene rings is 2. The van der Waals surface area contributed by atoms with Gasteiger partial charge >= 0.3 is 5.97 Å². The van der Waals surface area contributed by atoms with E-state index in [-0.39, 0.29) is 25.0 Å². The predicted molar refractivity (Wildman–Crippen MR) is 136 cm³/mol. The molecule has 0 unspecified atom stereocenters. The second kappa shape index (κ2) is 10.3. The maximum absolute atomic E-state index is 13.8. The number of carboxylic acid groups (broad SMARTS) is 1. The van der Waals surface area contributed by atoms with Crippen molar-refractivity contribution < 1.29 is 37.4 Å². The van der Waals surface area contributed by atoms with Crippen molar-refractivity contribution in [1.82, 2.24) is 4.98 Å². The Kier molecular flexibility index (Phi) is 7.52. The molecule has 0 atom stereocenters. The van der Waals surface area contributed by atoms with Crippen molar-refractivity contribution >= 4 is 33.3 Å². The maximum Gasteiger partial charge on any atom is 0.304 e. The topological polar surface area (TPSA) is 85.7 Å². The first-order valence-corrected chi connectivity index (χ1v) is 12.8. The lowest BCUT2D eigenvalue weighted by atomic mass is 9.76. The molecule has 37 heavy (non-hydrogen) atoms. The number of aromatic nitrogens is 1. The van der Waals surface area contributed by atoms with E-state index in [4.69, 9.17) is 9.47 Å². The molecule has 0 saturated carbocycles. The van der Waals surface area contributed by atoms with Crippen molar-refractivity contribution in [2.24, 2.45) is 5.41 Å². The second-order valence-electron chi connectivity index (χ2n) is 10.6. The molecular formula is C27H31F2N2O5S+. The van der Waals surface area contributed by atoms with Crippen molar-refractivity contribution in [3.63, 3.8) is 0 Å². The second-order valence-corrected chi connectivity index (χ2v) is 11.7. The van der Waals surface area contributed by atoms with Crippen LogP contribution in [-0.4, -0.2) is 67.7 Å². The number of ether oxygens (including phenoxy) is 2. The summed E-state index contributed by atoms with van der Waals surface area (Å²) in [5.41, 5.74) is 0.477. The Morgan fingerprint density at radius 1 is 1.08 bits per heavy atom. The average Bonchev–Trinajstić information content (AvgIpc) is 3.36. The Bertz CT molecular complexity index is 1320. The third-order valence-electron chi connectivity index (χ3n) is 6.69. The third-order valence-corrected chi connectivity index (χ3v) is 7.76. The molecule has 1 heterocycles. The number of rotatable bonds is 11. The summed E-state index contributed by atoms with van der Waals surface area (Å²) in [6, 6.07) is 5.84. The number of nitrogens with zero attached hydrogens (tertiary/aromatic N) is 2. The average molecular weight is 534 g/mol. The number of methoxy groups -OCH3 is 1. The number of hydrogen-bond acceptors (Lipinski definition) is 6. The van der Waals surface area contributed by atoms with Gasteiger partial charge in [0, 0.05) is 30.4 Å². The van der Waals surface area contributed by atoms with Gasteiger partial charge in [-0.15, -0.1) is 11.3 Å². The van der Waals surface area contributed by atoms with Crippen LogP contribution in [-0.2, 0) is 28.9 Å². The van der Waals surface area contributed by atoms with Gasteiger partial charge in [-0.2, -0.15) is 0 Å². The van der Waals surface area contributed by atoms with Gasteiger partial charge in [0.25, 0.3) is 0 Å². The fraction of sp³-hybridized carbons (Fsp3) is 0.444. The molecule has 7 nitrogen and oxygen atoms in total. The lowest BCUT2D eigenvalue weighted by molar-refractivity contribution is -0.870. The number of carbonyl (C=O) groups excluding carboxylic acids is 1. The molecule has 10 heteroatoms. The molecule has 1 aliphatic carbocycles. The van der Waals surface area contributed by atoms with Crippen LogP contribution in [0.4, 0.5) is 8.78 Å². The van der Waals surface area contributed by atoms with E-state index in [1.165, 1.54) is 11.3 Å². The summed E-state index contributed by atoms with van der Waals surface area (Å²) in [6.45, 7) is 1.32. The van der Waals surface area contributed by atoms with Crippen molar-refractivity contribution in [3.05, 3.63) is 52.0 Å². The number of thiazole rings is 1. The van der Waals surface area contributed by atoms with E-state index < -0.39 is 29.4 Å². The van der Waals surface area contributed by atoms with Gasteiger partial charge in [-0.3, -0.25) is 9.59 Å². The number of halogens is 2. The van der Waals surface area contributed by atoms with Gasteiger partial charge in [0.1, 0.15) is 18.9 Å². The van der Waals surface area contributed by atoms with E-state index in [0.29, 0.717) is 35.7 Å². The summed E-state index contributed by atoms with van der Waals surface area (Å²) in [5.74, 6) is -2.16. The van der Waals surface area contributed by atoms with E-state index in [2.05, 4.69) is 26.1 Å². The molecule has 0 fully saturated rings. The van der Waals surface area contributed by atoms with Crippen molar-refractivity contribution in [1.29, 1.82) is 0 Å². The van der Waals surface area contributed by atoms with Crippen molar-refractivity contribution in [2.75, 3.05) is 41.4 Å². The highest BCUT2D eigenvalue weighted by atomic mass is 32.1. The van der Waals surface area contributed by atoms with Crippen LogP contribution < -0.4 is 9.47 Å². The zero-order valence-corrected chi connectivity index (χ0v) is 22.2. The summed E-state index contributed by atoms with van der Waals surface area (Å²) in [4.78, 5) is 29.7. The summed E-state index contributed by atoms with van der Waals surface area (Å²) >= 11 is 1.43. The molecule has 0 spiro atoms. The number of quaternary nitrogens is 1. The number of aryl methyl sites for hydroxylation is 1. The molecule has 0 aliphatic heterocycles. The normalized spacial score (nSPS) is 14.5. The van der Waals surface area contributed by atoms with E-state index in [9.17, 15) is 23.5 Å². The Hall–Kier alpha value is -3.11. The molecule has 2 aromatic carbocycles. The minimum atomic E-state index is -1.22. The molecule has 4 rings (SSSR count). The van der Waals surface area contributed by atoms with Crippen molar-refractivity contribution in [3.8, 4) is 11.5 Å². The summed E-state index contributed by atoms with van der Waals surface area (Å²) in [7, 11) is 7.82. The minimum absolute atomic E-state index is 0.0791. The molecule has 198 valence electrons. The Morgan fingerprint density at radius 2 is 1.73 bits per heavy atom. The monoisotopic (exact) mass is 533 g/mol. The van der Waals surface area contributed by atoms with Gasteiger partial charge < -0.3 is 19.1 Å². The fourth-order valence-electron chi connectivity index (χ4n) is 4.74. The minimum Gasteiger partial charge on any atom is -0.493 e. The van der Waals surface area contributed by atoms with Gasteiger partial charge in [-0.25, -0.2) is 13.8 Å².